The second kappa shape index (κ2) is 12.4. The van der Waals surface area contributed by atoms with Crippen molar-refractivity contribution in [1.82, 2.24) is 0 Å². The summed E-state index contributed by atoms with van der Waals surface area (Å²) in [6.45, 7) is 0. The fourth-order valence-electron chi connectivity index (χ4n) is 0.914. The molecule has 0 heterocycles. The topological polar surface area (TPSA) is 37.3 Å². The summed E-state index contributed by atoms with van der Waals surface area (Å²) in [6.07, 6.45) is 0. The van der Waals surface area contributed by atoms with Gasteiger partial charge in [-0.05, 0) is 5.56 Å². The average Bonchev–Trinajstić information content (AvgIpc) is 2.33. The Morgan fingerprint density at radius 3 is 1.53 bits per heavy atom. The Kier molecular flexibility index (Phi) is 14.1. The van der Waals surface area contributed by atoms with Gasteiger partial charge < -0.3 is 5.11 Å². The maximum absolute atomic E-state index is 10.2. The van der Waals surface area contributed by atoms with E-state index in [0.29, 0.717) is 5.56 Å². The van der Waals surface area contributed by atoms with E-state index in [2.05, 4.69) is 6.07 Å². The van der Waals surface area contributed by atoms with Crippen LogP contribution in [0.25, 0.3) is 0 Å². The molecule has 2 rings (SSSR count). The molecular formula is C13H11CdO2Y-. The first-order valence-corrected chi connectivity index (χ1v) is 4.50. The molecule has 0 atom stereocenters. The van der Waals surface area contributed by atoms with Crippen LogP contribution in [0.2, 0.25) is 0 Å². The molecule has 2 aromatic rings. The van der Waals surface area contributed by atoms with E-state index in [1.807, 2.05) is 36.4 Å². The molecule has 1 N–H and O–H groups in total. The van der Waals surface area contributed by atoms with Crippen LogP contribution in [0, 0.1) is 6.07 Å². The maximum atomic E-state index is 10.2. The molecule has 0 saturated heterocycles. The zero-order chi connectivity index (χ0) is 10.9. The van der Waals surface area contributed by atoms with Crippen LogP contribution in [-0.4, -0.2) is 11.1 Å². The molecule has 0 aliphatic heterocycles. The van der Waals surface area contributed by atoms with Gasteiger partial charge in [0, 0.05) is 60.0 Å². The molecule has 4 heteroatoms. The minimum atomic E-state index is -0.899. The summed E-state index contributed by atoms with van der Waals surface area (Å²) in [5.74, 6) is -0.899. The molecule has 2 aromatic carbocycles. The van der Waals surface area contributed by atoms with E-state index in [1.54, 1.807) is 12.1 Å². The summed E-state index contributed by atoms with van der Waals surface area (Å²) < 4.78 is 0. The smallest absolute Gasteiger partial charge is 0.311 e. The third-order valence-corrected chi connectivity index (χ3v) is 1.63. The van der Waals surface area contributed by atoms with Gasteiger partial charge in [-0.3, -0.25) is 0 Å². The first kappa shape index (κ1) is 19.3. The van der Waals surface area contributed by atoms with E-state index >= 15 is 0 Å². The number of hydrogen-bond acceptors (Lipinski definition) is 1. The van der Waals surface area contributed by atoms with Gasteiger partial charge in [0.05, 0.1) is 0 Å². The molecule has 17 heavy (non-hydrogen) atoms. The molecule has 0 amide bonds. The summed E-state index contributed by atoms with van der Waals surface area (Å²) in [5, 5.41) is 8.37. The van der Waals surface area contributed by atoms with E-state index in [4.69, 9.17) is 5.11 Å². The van der Waals surface area contributed by atoms with Crippen molar-refractivity contribution < 1.29 is 69.9 Å². The van der Waals surface area contributed by atoms with Gasteiger partial charge in [-0.15, -0.1) is 0 Å². The Morgan fingerprint density at radius 1 is 0.941 bits per heavy atom. The van der Waals surface area contributed by atoms with Gasteiger partial charge in [-0.2, -0.15) is 30.3 Å². The van der Waals surface area contributed by atoms with Crippen LogP contribution in [0.5, 0.6) is 0 Å². The summed E-state index contributed by atoms with van der Waals surface area (Å²) >= 11 is 0. The summed E-state index contributed by atoms with van der Waals surface area (Å²) in [4.78, 5) is 10.2. The number of benzene rings is 2. The number of hydrogen-bond donors (Lipinski definition) is 1. The van der Waals surface area contributed by atoms with Crippen LogP contribution < -0.4 is 0 Å². The normalized spacial score (nSPS) is 7.53. The van der Waals surface area contributed by atoms with Crippen LogP contribution in [-0.2, 0) is 60.0 Å². The van der Waals surface area contributed by atoms with Crippen molar-refractivity contribution in [2.75, 3.05) is 0 Å². The summed E-state index contributed by atoms with van der Waals surface area (Å²) in [6, 6.07) is 20.9. The van der Waals surface area contributed by atoms with Gasteiger partial charge in [-0.25, -0.2) is 4.79 Å². The van der Waals surface area contributed by atoms with Crippen molar-refractivity contribution >= 4 is 5.97 Å². The zero-order valence-corrected chi connectivity index (χ0v) is 16.3. The fraction of sp³-hybridized carbons (Fsp3) is 0. The Hall–Kier alpha value is -0.0640. The quantitative estimate of drug-likeness (QED) is 0.590. The van der Waals surface area contributed by atoms with E-state index in [1.165, 1.54) is 12.1 Å². The average molecular weight is 401 g/mol. The molecule has 0 aromatic heterocycles. The first-order valence-electron chi connectivity index (χ1n) is 4.50. The summed E-state index contributed by atoms with van der Waals surface area (Å²) in [5.41, 5.74) is 0.300. The molecule has 0 unspecified atom stereocenters. The zero-order valence-electron chi connectivity index (χ0n) is 9.41. The number of carboxylic acids is 1. The predicted octanol–water partition coefficient (Wildman–Crippen LogP) is 2.87. The third-order valence-electron chi connectivity index (χ3n) is 1.63. The van der Waals surface area contributed by atoms with Crippen molar-refractivity contribution in [3.05, 3.63) is 72.3 Å². The second-order valence-corrected chi connectivity index (χ2v) is 2.75. The molecule has 0 saturated carbocycles. The molecule has 0 aliphatic rings. The van der Waals surface area contributed by atoms with Crippen LogP contribution >= 0.6 is 0 Å². The van der Waals surface area contributed by atoms with Crippen LogP contribution in [0.4, 0.5) is 0 Å². The van der Waals surface area contributed by atoms with E-state index in [0.717, 1.165) is 0 Å². The number of carbonyl (C=O) groups is 1. The van der Waals surface area contributed by atoms with Crippen molar-refractivity contribution in [2.24, 2.45) is 0 Å². The molecule has 81 valence electrons. The fourth-order valence-corrected chi connectivity index (χ4v) is 0.914. The second-order valence-electron chi connectivity index (χ2n) is 2.75. The standard InChI is InChI=1S/C7H5O2.C6H6.Cd.Y/c8-7(9)6-4-2-1-3-5-6;1-2-4-6-5-3-1;;/h2-5H,(H,8,9);1-6H;;/q-1;;;. The Balaban J connectivity index is 0. The Bertz CT molecular complexity index is 366. The van der Waals surface area contributed by atoms with Gasteiger partial charge in [0.15, 0.2) is 0 Å². The van der Waals surface area contributed by atoms with Crippen LogP contribution in [0.15, 0.2) is 60.7 Å². The van der Waals surface area contributed by atoms with Gasteiger partial charge >= 0.3 is 5.97 Å². The van der Waals surface area contributed by atoms with Gasteiger partial charge in [-0.1, -0.05) is 36.4 Å². The molecule has 1 radical (unpaired) electrons. The van der Waals surface area contributed by atoms with Crippen LogP contribution in [0.1, 0.15) is 10.4 Å². The SMILES string of the molecule is O=C(O)c1cc[c-]cc1.[Cd].[Y].c1ccccc1. The monoisotopic (exact) mass is 402 g/mol. The predicted molar refractivity (Wildman–Crippen MR) is 58.7 cm³/mol. The molecule has 2 nitrogen and oxygen atoms in total. The molecule has 0 aliphatic carbocycles. The van der Waals surface area contributed by atoms with E-state index < -0.39 is 5.97 Å². The third kappa shape index (κ3) is 9.62. The maximum Gasteiger partial charge on any atom is 0.311 e. The number of carboxylic acid groups (broad SMARTS) is 1. The van der Waals surface area contributed by atoms with Gasteiger partial charge in [0.2, 0.25) is 0 Å². The Morgan fingerprint density at radius 2 is 1.29 bits per heavy atom. The number of aromatic carboxylic acids is 1. The summed E-state index contributed by atoms with van der Waals surface area (Å²) in [7, 11) is 0. The van der Waals surface area contributed by atoms with Crippen molar-refractivity contribution in [2.45, 2.75) is 0 Å². The van der Waals surface area contributed by atoms with Crippen LogP contribution in [0.3, 0.4) is 0 Å². The molecular weight excluding hydrogens is 389 g/mol. The first-order chi connectivity index (χ1) is 7.30. The Labute approximate surface area is 146 Å². The van der Waals surface area contributed by atoms with Crippen molar-refractivity contribution in [1.29, 1.82) is 0 Å². The van der Waals surface area contributed by atoms with E-state index in [-0.39, 0.29) is 60.0 Å². The minimum absolute atomic E-state index is 0. The molecule has 0 bridgehead atoms. The van der Waals surface area contributed by atoms with Crippen molar-refractivity contribution in [3.8, 4) is 0 Å². The molecule has 0 fully saturated rings. The van der Waals surface area contributed by atoms with E-state index in [9.17, 15) is 4.79 Å². The minimum Gasteiger partial charge on any atom is -0.479 e. The van der Waals surface area contributed by atoms with Gasteiger partial charge in [0.25, 0.3) is 0 Å². The number of rotatable bonds is 1. The van der Waals surface area contributed by atoms with Crippen molar-refractivity contribution in [3.63, 3.8) is 0 Å². The van der Waals surface area contributed by atoms with Gasteiger partial charge in [0.1, 0.15) is 0 Å². The molecule has 0 spiro atoms. The largest absolute Gasteiger partial charge is 0.479 e.